The van der Waals surface area contributed by atoms with Crippen LogP contribution in [0.1, 0.15) is 43.7 Å². The van der Waals surface area contributed by atoms with Gasteiger partial charge in [0, 0.05) is 13.1 Å². The molecule has 1 saturated heterocycles. The molecule has 2 rings (SSSR count). The van der Waals surface area contributed by atoms with Gasteiger partial charge in [-0.15, -0.1) is 0 Å². The molecule has 0 spiro atoms. The summed E-state index contributed by atoms with van der Waals surface area (Å²) in [4.78, 5) is 14.1. The number of nitrogens with one attached hydrogen (secondary N) is 2. The number of nitrogens with zero attached hydrogens (tertiary/aromatic N) is 1. The molecular weight excluding hydrogens is 290 g/mol. The van der Waals surface area contributed by atoms with E-state index in [9.17, 15) is 4.79 Å². The maximum atomic E-state index is 11.6. The monoisotopic (exact) mass is 319 g/mol. The number of carbonyl (C=O) groups excluding carboxylic acids is 1. The van der Waals surface area contributed by atoms with Crippen LogP contribution in [0, 0.1) is 0 Å². The molecule has 1 heterocycles. The lowest BCUT2D eigenvalue weighted by atomic mass is 10.1. The summed E-state index contributed by atoms with van der Waals surface area (Å²) in [6, 6.07) is 7.96. The van der Waals surface area contributed by atoms with E-state index in [-0.39, 0.29) is 18.7 Å². The van der Waals surface area contributed by atoms with Crippen LogP contribution in [-0.2, 0) is 13.1 Å². The molecule has 5 heteroatoms. The molecule has 0 saturated carbocycles. The Labute approximate surface area is 139 Å². The highest BCUT2D eigenvalue weighted by atomic mass is 16.3. The quantitative estimate of drug-likeness (QED) is 0.753. The van der Waals surface area contributed by atoms with Crippen molar-refractivity contribution in [3.05, 3.63) is 35.4 Å². The number of amides is 2. The lowest BCUT2D eigenvalue weighted by molar-refractivity contribution is 0.220. The van der Waals surface area contributed by atoms with Crippen molar-refractivity contribution in [3.8, 4) is 0 Å². The number of urea groups is 1. The van der Waals surface area contributed by atoms with Crippen molar-refractivity contribution in [1.29, 1.82) is 0 Å². The van der Waals surface area contributed by atoms with E-state index < -0.39 is 0 Å². The zero-order valence-electron chi connectivity index (χ0n) is 14.1. The van der Waals surface area contributed by atoms with Crippen LogP contribution in [0.15, 0.2) is 24.3 Å². The Balaban J connectivity index is 1.76. The fourth-order valence-corrected chi connectivity index (χ4v) is 2.82. The molecule has 0 radical (unpaired) electrons. The van der Waals surface area contributed by atoms with E-state index in [4.69, 9.17) is 5.11 Å². The molecular formula is C18H29N3O2. The Morgan fingerprint density at radius 3 is 2.35 bits per heavy atom. The smallest absolute Gasteiger partial charge is 0.315 e. The highest BCUT2D eigenvalue weighted by Gasteiger charge is 2.09. The molecule has 1 aromatic carbocycles. The summed E-state index contributed by atoms with van der Waals surface area (Å²) < 4.78 is 0. The van der Waals surface area contributed by atoms with Gasteiger partial charge in [0.2, 0.25) is 0 Å². The first-order valence-electron chi connectivity index (χ1n) is 8.63. The second-order valence-corrected chi connectivity index (χ2v) is 6.42. The number of carbonyl (C=O) groups is 1. The van der Waals surface area contributed by atoms with Gasteiger partial charge in [-0.3, -0.25) is 4.90 Å². The molecule has 1 unspecified atom stereocenters. The SMILES string of the molecule is CC(CO)NC(=O)NCc1ccc(CN2CCCCCC2)cc1. The number of likely N-dealkylation sites (tertiary alicyclic amines) is 1. The Kier molecular flexibility index (Phi) is 7.36. The first-order chi connectivity index (χ1) is 11.2. The van der Waals surface area contributed by atoms with Crippen LogP contribution in [0.5, 0.6) is 0 Å². The number of benzene rings is 1. The molecule has 0 aromatic heterocycles. The Morgan fingerprint density at radius 1 is 1.13 bits per heavy atom. The molecule has 1 aliphatic heterocycles. The second kappa shape index (κ2) is 9.53. The molecule has 0 aliphatic carbocycles. The van der Waals surface area contributed by atoms with Crippen LogP contribution in [0.2, 0.25) is 0 Å². The van der Waals surface area contributed by atoms with Gasteiger partial charge in [-0.1, -0.05) is 37.1 Å². The fraction of sp³-hybridized carbons (Fsp3) is 0.611. The highest BCUT2D eigenvalue weighted by molar-refractivity contribution is 5.74. The van der Waals surface area contributed by atoms with Gasteiger partial charge in [-0.2, -0.15) is 0 Å². The lowest BCUT2D eigenvalue weighted by Crippen LogP contribution is -2.41. The number of hydrogen-bond acceptors (Lipinski definition) is 3. The van der Waals surface area contributed by atoms with Crippen LogP contribution >= 0.6 is 0 Å². The molecule has 1 atom stereocenters. The first-order valence-corrected chi connectivity index (χ1v) is 8.63. The van der Waals surface area contributed by atoms with Crippen molar-refractivity contribution in [1.82, 2.24) is 15.5 Å². The maximum absolute atomic E-state index is 11.6. The van der Waals surface area contributed by atoms with Crippen LogP contribution in [0.25, 0.3) is 0 Å². The summed E-state index contributed by atoms with van der Waals surface area (Å²) in [5.74, 6) is 0. The zero-order valence-corrected chi connectivity index (χ0v) is 14.1. The molecule has 0 bridgehead atoms. The summed E-state index contributed by atoms with van der Waals surface area (Å²) in [7, 11) is 0. The van der Waals surface area contributed by atoms with Crippen LogP contribution in [0.3, 0.4) is 0 Å². The number of hydrogen-bond donors (Lipinski definition) is 3. The van der Waals surface area contributed by atoms with Gasteiger partial charge in [0.05, 0.1) is 12.6 Å². The summed E-state index contributed by atoms with van der Waals surface area (Å²) >= 11 is 0. The van der Waals surface area contributed by atoms with Crippen LogP contribution in [0.4, 0.5) is 4.79 Å². The largest absolute Gasteiger partial charge is 0.394 e. The van der Waals surface area contributed by atoms with Crippen LogP contribution in [-0.4, -0.2) is 41.8 Å². The zero-order chi connectivity index (χ0) is 16.5. The molecule has 1 aromatic rings. The van der Waals surface area contributed by atoms with E-state index in [1.165, 1.54) is 44.3 Å². The molecule has 5 nitrogen and oxygen atoms in total. The summed E-state index contributed by atoms with van der Waals surface area (Å²) in [6.45, 7) is 5.62. The Morgan fingerprint density at radius 2 is 1.74 bits per heavy atom. The third-order valence-electron chi connectivity index (χ3n) is 4.23. The van der Waals surface area contributed by atoms with Crippen molar-refractivity contribution >= 4 is 6.03 Å². The third kappa shape index (κ3) is 6.59. The third-order valence-corrected chi connectivity index (χ3v) is 4.23. The van der Waals surface area contributed by atoms with Crippen molar-refractivity contribution in [3.63, 3.8) is 0 Å². The van der Waals surface area contributed by atoms with Gasteiger partial charge in [0.15, 0.2) is 0 Å². The van der Waals surface area contributed by atoms with Crippen molar-refractivity contribution < 1.29 is 9.90 Å². The number of aliphatic hydroxyl groups is 1. The molecule has 128 valence electrons. The normalized spacial score (nSPS) is 17.3. The minimum atomic E-state index is -0.250. The van der Waals surface area contributed by atoms with Crippen molar-refractivity contribution in [2.24, 2.45) is 0 Å². The van der Waals surface area contributed by atoms with Gasteiger partial charge in [-0.05, 0) is 44.0 Å². The van der Waals surface area contributed by atoms with E-state index in [1.54, 1.807) is 6.92 Å². The number of aliphatic hydroxyl groups excluding tert-OH is 1. The average molecular weight is 319 g/mol. The molecule has 2 amide bonds. The lowest BCUT2D eigenvalue weighted by Gasteiger charge is -2.19. The van der Waals surface area contributed by atoms with Gasteiger partial charge in [-0.25, -0.2) is 4.79 Å². The second-order valence-electron chi connectivity index (χ2n) is 6.42. The van der Waals surface area contributed by atoms with E-state index >= 15 is 0 Å². The number of rotatable bonds is 6. The van der Waals surface area contributed by atoms with Crippen molar-refractivity contribution in [2.45, 2.75) is 51.7 Å². The topological polar surface area (TPSA) is 64.6 Å². The Bertz CT molecular complexity index is 468. The summed E-state index contributed by atoms with van der Waals surface area (Å²) in [6.07, 6.45) is 5.34. The summed E-state index contributed by atoms with van der Waals surface area (Å²) in [5, 5.41) is 14.4. The summed E-state index contributed by atoms with van der Waals surface area (Å²) in [5.41, 5.74) is 2.41. The Hall–Kier alpha value is -1.59. The van der Waals surface area contributed by atoms with E-state index in [2.05, 4.69) is 39.8 Å². The van der Waals surface area contributed by atoms with Gasteiger partial charge in [0.25, 0.3) is 0 Å². The standard InChI is InChI=1S/C18H29N3O2/c1-15(14-22)20-18(23)19-12-16-6-8-17(9-7-16)13-21-10-4-2-3-5-11-21/h6-9,15,22H,2-5,10-14H2,1H3,(H2,19,20,23). The molecule has 1 aliphatic rings. The van der Waals surface area contributed by atoms with E-state index in [0.717, 1.165) is 12.1 Å². The molecule has 1 fully saturated rings. The maximum Gasteiger partial charge on any atom is 0.315 e. The van der Waals surface area contributed by atoms with E-state index in [1.807, 2.05) is 0 Å². The highest BCUT2D eigenvalue weighted by Crippen LogP contribution is 2.13. The molecule has 3 N–H and O–H groups in total. The predicted molar refractivity (Wildman–Crippen MR) is 92.1 cm³/mol. The predicted octanol–water partition coefficient (Wildman–Crippen LogP) is 2.24. The van der Waals surface area contributed by atoms with Gasteiger partial charge < -0.3 is 15.7 Å². The van der Waals surface area contributed by atoms with Gasteiger partial charge >= 0.3 is 6.03 Å². The molecule has 23 heavy (non-hydrogen) atoms. The van der Waals surface area contributed by atoms with Crippen LogP contribution < -0.4 is 10.6 Å². The van der Waals surface area contributed by atoms with E-state index in [0.29, 0.717) is 6.54 Å². The fourth-order valence-electron chi connectivity index (χ4n) is 2.82. The van der Waals surface area contributed by atoms with Gasteiger partial charge in [0.1, 0.15) is 0 Å². The van der Waals surface area contributed by atoms with Crippen molar-refractivity contribution in [2.75, 3.05) is 19.7 Å². The minimum Gasteiger partial charge on any atom is -0.394 e. The minimum absolute atomic E-state index is 0.0569. The first kappa shape index (κ1) is 17.8. The average Bonchev–Trinajstić information content (AvgIpc) is 2.83.